The maximum Gasteiger partial charge on any atom is 0.257 e. The Bertz CT molecular complexity index is 1360. The average Bonchev–Trinajstić information content (AvgIpc) is 2.96. The van der Waals surface area contributed by atoms with Crippen molar-refractivity contribution in [1.82, 2.24) is 25.1 Å². The number of nitrogens with one attached hydrogen (secondary N) is 2. The zero-order valence-corrected chi connectivity index (χ0v) is 21.8. The molecular weight excluding hydrogens is 476 g/mol. The van der Waals surface area contributed by atoms with Gasteiger partial charge in [-0.1, -0.05) is 42.5 Å². The van der Waals surface area contributed by atoms with E-state index in [1.54, 1.807) is 0 Å². The number of anilines is 1. The molecule has 1 aliphatic heterocycles. The SMILES string of the molecule is CNCCCNc1nc(CN2CCN(C(=O)c3ccccc3Oc3ccccc3)CC2)nc2ccccc12. The standard InChI is InChI=1S/C30H34N6O2/c1-31-16-9-17-32-29-24-12-5-7-14-26(24)33-28(34-29)22-35-18-20-36(21-19-35)30(37)25-13-6-8-15-27(25)38-23-10-3-2-4-11-23/h2-8,10-15,31H,9,16-22H2,1H3,(H,32,33,34). The second kappa shape index (κ2) is 12.5. The van der Waals surface area contributed by atoms with E-state index in [2.05, 4.69) is 21.6 Å². The maximum atomic E-state index is 13.4. The first kappa shape index (κ1) is 25.6. The van der Waals surface area contributed by atoms with E-state index in [0.717, 1.165) is 55.1 Å². The summed E-state index contributed by atoms with van der Waals surface area (Å²) in [6.07, 6.45) is 1.01. The van der Waals surface area contributed by atoms with Crippen LogP contribution in [0.5, 0.6) is 11.5 Å². The van der Waals surface area contributed by atoms with Crippen molar-refractivity contribution in [3.05, 3.63) is 90.3 Å². The van der Waals surface area contributed by atoms with Crippen LogP contribution in [0, 0.1) is 0 Å². The number of nitrogens with zero attached hydrogens (tertiary/aromatic N) is 4. The number of hydrogen-bond acceptors (Lipinski definition) is 7. The molecule has 8 heteroatoms. The normalized spacial score (nSPS) is 14.0. The highest BCUT2D eigenvalue weighted by Crippen LogP contribution is 2.27. The second-order valence-corrected chi connectivity index (χ2v) is 9.37. The molecule has 1 aromatic heterocycles. The van der Waals surface area contributed by atoms with E-state index in [1.165, 1.54) is 0 Å². The molecule has 8 nitrogen and oxygen atoms in total. The molecule has 0 unspecified atom stereocenters. The van der Waals surface area contributed by atoms with Gasteiger partial charge in [-0.25, -0.2) is 9.97 Å². The van der Waals surface area contributed by atoms with Crippen LogP contribution >= 0.6 is 0 Å². The molecule has 0 radical (unpaired) electrons. The predicted octanol–water partition coefficient (Wildman–Crippen LogP) is 4.40. The zero-order valence-electron chi connectivity index (χ0n) is 21.8. The van der Waals surface area contributed by atoms with Gasteiger partial charge in [-0.05, 0) is 56.4 Å². The van der Waals surface area contributed by atoms with Crippen LogP contribution in [0.2, 0.25) is 0 Å². The number of carbonyl (C=O) groups excluding carboxylic acids is 1. The minimum absolute atomic E-state index is 0.00816. The van der Waals surface area contributed by atoms with Crippen LogP contribution in [0.4, 0.5) is 5.82 Å². The Morgan fingerprint density at radius 3 is 2.42 bits per heavy atom. The fourth-order valence-electron chi connectivity index (χ4n) is 4.63. The summed E-state index contributed by atoms with van der Waals surface area (Å²) in [7, 11) is 1.96. The molecule has 1 fully saturated rings. The van der Waals surface area contributed by atoms with Gasteiger partial charge in [-0.2, -0.15) is 0 Å². The maximum absolute atomic E-state index is 13.4. The molecule has 0 bridgehead atoms. The van der Waals surface area contributed by atoms with Crippen molar-refractivity contribution in [2.45, 2.75) is 13.0 Å². The first-order chi connectivity index (χ1) is 18.7. The molecule has 1 saturated heterocycles. The Balaban J connectivity index is 1.22. The molecule has 1 amide bonds. The molecule has 38 heavy (non-hydrogen) atoms. The lowest BCUT2D eigenvalue weighted by Crippen LogP contribution is -2.48. The van der Waals surface area contributed by atoms with Gasteiger partial charge in [0.1, 0.15) is 23.1 Å². The van der Waals surface area contributed by atoms with Gasteiger partial charge in [0, 0.05) is 38.1 Å². The molecule has 4 aromatic rings. The van der Waals surface area contributed by atoms with Crippen LogP contribution in [0.25, 0.3) is 10.9 Å². The van der Waals surface area contributed by atoms with Crippen molar-refractivity contribution in [3.63, 3.8) is 0 Å². The number of piperazine rings is 1. The molecule has 196 valence electrons. The highest BCUT2D eigenvalue weighted by molar-refractivity contribution is 5.97. The van der Waals surface area contributed by atoms with Crippen LogP contribution in [0.3, 0.4) is 0 Å². The van der Waals surface area contributed by atoms with Crippen LogP contribution in [0.15, 0.2) is 78.9 Å². The number of benzene rings is 3. The van der Waals surface area contributed by atoms with Crippen LogP contribution < -0.4 is 15.4 Å². The number of para-hydroxylation sites is 3. The predicted molar refractivity (Wildman–Crippen MR) is 151 cm³/mol. The lowest BCUT2D eigenvalue weighted by molar-refractivity contribution is 0.0623. The summed E-state index contributed by atoms with van der Waals surface area (Å²) >= 11 is 0. The van der Waals surface area contributed by atoms with E-state index in [1.807, 2.05) is 84.7 Å². The lowest BCUT2D eigenvalue weighted by Gasteiger charge is -2.34. The molecule has 0 spiro atoms. The van der Waals surface area contributed by atoms with E-state index in [9.17, 15) is 4.79 Å². The minimum atomic E-state index is -0.00816. The number of ether oxygens (including phenoxy) is 1. The fourth-order valence-corrected chi connectivity index (χ4v) is 4.63. The van der Waals surface area contributed by atoms with Gasteiger partial charge < -0.3 is 20.3 Å². The summed E-state index contributed by atoms with van der Waals surface area (Å²) in [5.41, 5.74) is 1.52. The Morgan fingerprint density at radius 1 is 0.868 bits per heavy atom. The summed E-state index contributed by atoms with van der Waals surface area (Å²) < 4.78 is 6.03. The number of hydrogen-bond donors (Lipinski definition) is 2. The quantitative estimate of drug-likeness (QED) is 0.306. The summed E-state index contributed by atoms with van der Waals surface area (Å²) in [5.74, 6) is 2.95. The van der Waals surface area contributed by atoms with Crippen molar-refractivity contribution in [1.29, 1.82) is 0 Å². The smallest absolute Gasteiger partial charge is 0.257 e. The summed E-state index contributed by atoms with van der Waals surface area (Å²) in [4.78, 5) is 27.3. The van der Waals surface area contributed by atoms with Gasteiger partial charge in [0.25, 0.3) is 5.91 Å². The third-order valence-corrected chi connectivity index (χ3v) is 6.66. The number of aromatic nitrogens is 2. The third-order valence-electron chi connectivity index (χ3n) is 6.66. The van der Waals surface area contributed by atoms with Crippen molar-refractivity contribution in [3.8, 4) is 11.5 Å². The van der Waals surface area contributed by atoms with Gasteiger partial charge in [0.05, 0.1) is 17.6 Å². The summed E-state index contributed by atoms with van der Waals surface area (Å²) in [5, 5.41) is 7.70. The zero-order chi connectivity index (χ0) is 26.2. The van der Waals surface area contributed by atoms with Crippen LogP contribution in [-0.4, -0.2) is 72.0 Å². The van der Waals surface area contributed by atoms with Crippen molar-refractivity contribution in [2.24, 2.45) is 0 Å². The van der Waals surface area contributed by atoms with Gasteiger partial charge in [-0.3, -0.25) is 9.69 Å². The lowest BCUT2D eigenvalue weighted by atomic mass is 10.1. The van der Waals surface area contributed by atoms with E-state index >= 15 is 0 Å². The number of amides is 1. The first-order valence-electron chi connectivity index (χ1n) is 13.2. The summed E-state index contributed by atoms with van der Waals surface area (Å²) in [6.45, 7) is 5.24. The molecule has 5 rings (SSSR count). The molecule has 2 heterocycles. The van der Waals surface area contributed by atoms with Gasteiger partial charge in [-0.15, -0.1) is 0 Å². The number of rotatable bonds is 10. The van der Waals surface area contributed by atoms with Crippen LogP contribution in [-0.2, 0) is 6.54 Å². The second-order valence-electron chi connectivity index (χ2n) is 9.37. The fraction of sp³-hybridized carbons (Fsp3) is 0.300. The number of carbonyl (C=O) groups is 1. The Morgan fingerprint density at radius 2 is 1.61 bits per heavy atom. The minimum Gasteiger partial charge on any atom is -0.457 e. The molecule has 2 N–H and O–H groups in total. The topological polar surface area (TPSA) is 82.6 Å². The molecule has 0 saturated carbocycles. The van der Waals surface area contributed by atoms with Crippen molar-refractivity contribution < 1.29 is 9.53 Å². The Hall–Kier alpha value is -4.01. The molecule has 0 aliphatic carbocycles. The number of fused-ring (bicyclic) bond motifs is 1. The third kappa shape index (κ3) is 6.27. The van der Waals surface area contributed by atoms with Crippen molar-refractivity contribution in [2.75, 3.05) is 51.6 Å². The molecule has 1 aliphatic rings. The monoisotopic (exact) mass is 510 g/mol. The van der Waals surface area contributed by atoms with Gasteiger partial charge in [0.2, 0.25) is 0 Å². The largest absolute Gasteiger partial charge is 0.457 e. The Labute approximate surface area is 223 Å². The van der Waals surface area contributed by atoms with Gasteiger partial charge >= 0.3 is 0 Å². The highest BCUT2D eigenvalue weighted by Gasteiger charge is 2.25. The van der Waals surface area contributed by atoms with E-state index in [-0.39, 0.29) is 5.91 Å². The molecule has 3 aromatic carbocycles. The summed E-state index contributed by atoms with van der Waals surface area (Å²) in [6, 6.07) is 25.1. The average molecular weight is 511 g/mol. The van der Waals surface area contributed by atoms with Gasteiger partial charge in [0.15, 0.2) is 0 Å². The van der Waals surface area contributed by atoms with E-state index in [4.69, 9.17) is 14.7 Å². The molecular formula is C30H34N6O2. The Kier molecular flexibility index (Phi) is 8.42. The first-order valence-corrected chi connectivity index (χ1v) is 13.2. The van der Waals surface area contributed by atoms with E-state index in [0.29, 0.717) is 36.7 Å². The van der Waals surface area contributed by atoms with E-state index < -0.39 is 0 Å². The molecule has 0 atom stereocenters. The highest BCUT2D eigenvalue weighted by atomic mass is 16.5. The van der Waals surface area contributed by atoms with Crippen LogP contribution in [0.1, 0.15) is 22.6 Å². The van der Waals surface area contributed by atoms with Crippen molar-refractivity contribution >= 4 is 22.6 Å².